The molecule has 0 atom stereocenters. The molecule has 0 saturated heterocycles. The van der Waals surface area contributed by atoms with Crippen LogP contribution < -0.4 is 0 Å². The molecule has 0 radical (unpaired) electrons. The van der Waals surface area contributed by atoms with Crippen LogP contribution in [0.5, 0.6) is 5.75 Å². The fourth-order valence-corrected chi connectivity index (χ4v) is 2.16. The molecule has 0 bridgehead atoms. The number of hydrogen-bond donors (Lipinski definition) is 2. The number of nitrogens with zero attached hydrogens (tertiary/aromatic N) is 1. The number of aromatic carboxylic acids is 1. The van der Waals surface area contributed by atoms with E-state index in [1.54, 1.807) is 6.07 Å². The molecule has 0 spiro atoms. The average Bonchev–Trinajstić information content (AvgIpc) is 2.87. The number of aromatic nitrogens is 1. The number of aromatic hydroxyl groups is 1. The minimum Gasteiger partial charge on any atom is -0.507 e. The predicted octanol–water partition coefficient (Wildman–Crippen LogP) is 3.61. The summed E-state index contributed by atoms with van der Waals surface area (Å²) >= 11 is 0. The lowest BCUT2D eigenvalue weighted by atomic mass is 9.83. The van der Waals surface area contributed by atoms with Gasteiger partial charge >= 0.3 is 5.97 Å². The van der Waals surface area contributed by atoms with Crippen molar-refractivity contribution in [2.75, 3.05) is 0 Å². The maximum Gasteiger partial charge on any atom is 0.358 e. The Balaban J connectivity index is 2.64. The molecule has 0 aliphatic carbocycles. The van der Waals surface area contributed by atoms with Crippen LogP contribution in [0.15, 0.2) is 22.7 Å². The van der Waals surface area contributed by atoms with Crippen LogP contribution in [0.1, 0.15) is 49.3 Å². The summed E-state index contributed by atoms with van der Waals surface area (Å²) in [5, 5.41) is 22.9. The Morgan fingerprint density at radius 3 is 2.43 bits per heavy atom. The van der Waals surface area contributed by atoms with E-state index in [1.807, 2.05) is 33.8 Å². The van der Waals surface area contributed by atoms with E-state index in [0.29, 0.717) is 5.56 Å². The molecule has 0 aliphatic heterocycles. The molecule has 2 N–H and O–H groups in total. The second kappa shape index (κ2) is 5.24. The van der Waals surface area contributed by atoms with Crippen molar-refractivity contribution in [1.29, 1.82) is 0 Å². The number of hydrogen-bond acceptors (Lipinski definition) is 4. The first-order chi connectivity index (χ1) is 9.74. The second-order valence-corrected chi connectivity index (χ2v) is 6.02. The smallest absolute Gasteiger partial charge is 0.358 e. The summed E-state index contributed by atoms with van der Waals surface area (Å²) in [6.07, 6.45) is 0.802. The third-order valence-electron chi connectivity index (χ3n) is 3.38. The Morgan fingerprint density at radius 1 is 1.29 bits per heavy atom. The standard InChI is InChI=1S/C16H19NO4/c1-5-9-6-10(13-8-12(15(19)20)17-21-13)14(18)11(7-9)16(2,3)4/h6-8,18H,5H2,1-4H3,(H,19,20). The third kappa shape index (κ3) is 2.91. The number of phenols is 1. The summed E-state index contributed by atoms with van der Waals surface area (Å²) in [6.45, 7) is 8.04. The lowest BCUT2D eigenvalue weighted by Crippen LogP contribution is -2.12. The number of carboxylic acids is 1. The zero-order chi connectivity index (χ0) is 15.8. The first-order valence-electron chi connectivity index (χ1n) is 6.80. The molecule has 2 rings (SSSR count). The lowest BCUT2D eigenvalue weighted by molar-refractivity contribution is 0.0686. The minimum absolute atomic E-state index is 0.104. The summed E-state index contributed by atoms with van der Waals surface area (Å²) in [6, 6.07) is 5.09. The number of benzene rings is 1. The van der Waals surface area contributed by atoms with Gasteiger partial charge in [0.1, 0.15) is 5.75 Å². The van der Waals surface area contributed by atoms with Gasteiger partial charge in [0.2, 0.25) is 0 Å². The van der Waals surface area contributed by atoms with Crippen molar-refractivity contribution >= 4 is 5.97 Å². The number of aryl methyl sites for hydroxylation is 1. The predicted molar refractivity (Wildman–Crippen MR) is 78.6 cm³/mol. The number of carboxylic acid groups (broad SMARTS) is 1. The van der Waals surface area contributed by atoms with Gasteiger partial charge < -0.3 is 14.7 Å². The van der Waals surface area contributed by atoms with E-state index >= 15 is 0 Å². The summed E-state index contributed by atoms with van der Waals surface area (Å²) in [5.74, 6) is -0.800. The summed E-state index contributed by atoms with van der Waals surface area (Å²) in [4.78, 5) is 10.9. The van der Waals surface area contributed by atoms with Gasteiger partial charge in [-0.2, -0.15) is 0 Å². The van der Waals surface area contributed by atoms with Crippen LogP contribution in [-0.4, -0.2) is 21.3 Å². The van der Waals surface area contributed by atoms with Gasteiger partial charge in [0, 0.05) is 11.6 Å². The monoisotopic (exact) mass is 289 g/mol. The zero-order valence-electron chi connectivity index (χ0n) is 12.6. The van der Waals surface area contributed by atoms with Gasteiger partial charge in [-0.15, -0.1) is 0 Å². The molecule has 5 heteroatoms. The van der Waals surface area contributed by atoms with Crippen molar-refractivity contribution in [3.8, 4) is 17.1 Å². The van der Waals surface area contributed by atoms with Crippen LogP contribution in [-0.2, 0) is 11.8 Å². The second-order valence-electron chi connectivity index (χ2n) is 6.02. The van der Waals surface area contributed by atoms with E-state index in [4.69, 9.17) is 9.63 Å². The summed E-state index contributed by atoms with van der Waals surface area (Å²) in [5.41, 5.74) is 1.90. The van der Waals surface area contributed by atoms with Crippen molar-refractivity contribution in [2.24, 2.45) is 0 Å². The SMILES string of the molecule is CCc1cc(-c2cc(C(=O)O)no2)c(O)c(C(C)(C)C)c1. The minimum atomic E-state index is -1.16. The maximum absolute atomic E-state index is 10.9. The fourth-order valence-electron chi connectivity index (χ4n) is 2.16. The number of rotatable bonds is 3. The molecule has 2 aromatic rings. The number of carbonyl (C=O) groups is 1. The molecule has 0 unspecified atom stereocenters. The van der Waals surface area contributed by atoms with Gasteiger partial charge in [-0.3, -0.25) is 0 Å². The van der Waals surface area contributed by atoms with E-state index in [2.05, 4.69) is 5.16 Å². The molecule has 5 nitrogen and oxygen atoms in total. The average molecular weight is 289 g/mol. The van der Waals surface area contributed by atoms with Crippen LogP contribution in [0.25, 0.3) is 11.3 Å². The molecular formula is C16H19NO4. The van der Waals surface area contributed by atoms with E-state index in [9.17, 15) is 9.90 Å². The van der Waals surface area contributed by atoms with Gasteiger partial charge in [-0.1, -0.05) is 38.9 Å². The molecule has 0 saturated carbocycles. The Bertz CT molecular complexity index is 680. The Labute approximate surface area is 123 Å². The lowest BCUT2D eigenvalue weighted by Gasteiger charge is -2.22. The van der Waals surface area contributed by atoms with E-state index in [-0.39, 0.29) is 22.6 Å². The first-order valence-corrected chi connectivity index (χ1v) is 6.80. The largest absolute Gasteiger partial charge is 0.507 e. The molecule has 0 amide bonds. The van der Waals surface area contributed by atoms with E-state index in [1.165, 1.54) is 6.07 Å². The van der Waals surface area contributed by atoms with Crippen LogP contribution in [0.4, 0.5) is 0 Å². The van der Waals surface area contributed by atoms with Crippen LogP contribution >= 0.6 is 0 Å². The molecule has 21 heavy (non-hydrogen) atoms. The maximum atomic E-state index is 10.9. The van der Waals surface area contributed by atoms with Crippen molar-refractivity contribution in [2.45, 2.75) is 39.5 Å². The van der Waals surface area contributed by atoms with Gasteiger partial charge in [0.05, 0.1) is 5.56 Å². The van der Waals surface area contributed by atoms with Gasteiger partial charge in [-0.05, 0) is 23.5 Å². The van der Waals surface area contributed by atoms with Gasteiger partial charge in [0.15, 0.2) is 11.5 Å². The number of phenolic OH excluding ortho intramolecular Hbond substituents is 1. The van der Waals surface area contributed by atoms with Crippen LogP contribution in [0.2, 0.25) is 0 Å². The van der Waals surface area contributed by atoms with Crippen molar-refractivity contribution < 1.29 is 19.5 Å². The molecule has 0 fully saturated rings. The quantitative estimate of drug-likeness (QED) is 0.901. The highest BCUT2D eigenvalue weighted by molar-refractivity contribution is 5.87. The zero-order valence-corrected chi connectivity index (χ0v) is 12.6. The van der Waals surface area contributed by atoms with Crippen molar-refractivity contribution in [1.82, 2.24) is 5.16 Å². The molecule has 1 aromatic heterocycles. The molecule has 112 valence electrons. The summed E-state index contributed by atoms with van der Waals surface area (Å²) < 4.78 is 5.07. The highest BCUT2D eigenvalue weighted by Gasteiger charge is 2.24. The van der Waals surface area contributed by atoms with Crippen molar-refractivity contribution in [3.05, 3.63) is 35.0 Å². The topological polar surface area (TPSA) is 83.6 Å². The van der Waals surface area contributed by atoms with Crippen molar-refractivity contribution in [3.63, 3.8) is 0 Å². The van der Waals surface area contributed by atoms with Gasteiger partial charge in [0.25, 0.3) is 0 Å². The van der Waals surface area contributed by atoms with Crippen LogP contribution in [0, 0.1) is 0 Å². The Hall–Kier alpha value is -2.30. The summed E-state index contributed by atoms with van der Waals surface area (Å²) in [7, 11) is 0. The third-order valence-corrected chi connectivity index (χ3v) is 3.38. The Kier molecular flexibility index (Phi) is 3.77. The first kappa shape index (κ1) is 15.1. The molecule has 1 aromatic carbocycles. The van der Waals surface area contributed by atoms with E-state index in [0.717, 1.165) is 17.5 Å². The highest BCUT2D eigenvalue weighted by atomic mass is 16.5. The molecule has 1 heterocycles. The van der Waals surface area contributed by atoms with Crippen LogP contribution in [0.3, 0.4) is 0 Å². The highest BCUT2D eigenvalue weighted by Crippen LogP contribution is 2.39. The normalized spacial score (nSPS) is 11.6. The van der Waals surface area contributed by atoms with E-state index < -0.39 is 5.97 Å². The van der Waals surface area contributed by atoms with Gasteiger partial charge in [-0.25, -0.2) is 4.79 Å². The fraction of sp³-hybridized carbons (Fsp3) is 0.375. The molecular weight excluding hydrogens is 270 g/mol. The molecule has 0 aliphatic rings. The Morgan fingerprint density at radius 2 is 1.95 bits per heavy atom.